The molecule has 0 saturated heterocycles. The molecule has 0 aliphatic heterocycles. The fourth-order valence-electron chi connectivity index (χ4n) is 0.455. The summed E-state index contributed by atoms with van der Waals surface area (Å²) in [6.45, 7) is 5.77. The van der Waals surface area contributed by atoms with Gasteiger partial charge in [-0.1, -0.05) is 56.7 Å². The Morgan fingerprint density at radius 1 is 1.11 bits per heavy atom. The van der Waals surface area contributed by atoms with Crippen LogP contribution < -0.4 is 5.90 Å². The number of hydrogen-bond acceptors (Lipinski definition) is 5. The normalized spacial score (nSPS) is 7.67. The van der Waals surface area contributed by atoms with Crippen LogP contribution in [0.3, 0.4) is 0 Å². The van der Waals surface area contributed by atoms with Gasteiger partial charge < -0.3 is 4.74 Å². The molecule has 0 rings (SSSR count). The van der Waals surface area contributed by atoms with Crippen molar-refractivity contribution in [2.75, 3.05) is 19.0 Å². The maximum absolute atomic E-state index is 10.6. The van der Waals surface area contributed by atoms with E-state index in [1.165, 1.54) is 0 Å². The third-order valence-electron chi connectivity index (χ3n) is 0.973. The van der Waals surface area contributed by atoms with Gasteiger partial charge in [-0.2, -0.15) is 18.6 Å². The van der Waals surface area contributed by atoms with E-state index >= 15 is 0 Å². The molecule has 0 aromatic rings. The van der Waals surface area contributed by atoms with Crippen molar-refractivity contribution in [3.8, 4) is 0 Å². The minimum Gasteiger partial charge on any atom is -0.376 e. The van der Waals surface area contributed by atoms with Crippen LogP contribution in [-0.4, -0.2) is 27.4 Å². The second-order valence-corrected chi connectivity index (χ2v) is 4.08. The van der Waals surface area contributed by atoms with Gasteiger partial charge in [0.1, 0.15) is 5.75 Å². The highest BCUT2D eigenvalue weighted by atomic mass is 32.2. The van der Waals surface area contributed by atoms with Crippen LogP contribution >= 0.6 is 0 Å². The van der Waals surface area contributed by atoms with Gasteiger partial charge >= 0.3 is 0 Å². The summed E-state index contributed by atoms with van der Waals surface area (Å²) in [6, 6.07) is 0. The monoisotopic (exact) mass is 291 g/mol. The first kappa shape index (κ1) is 43.2. The van der Waals surface area contributed by atoms with E-state index < -0.39 is 10.1 Å². The number of nitrogens with two attached hydrogens (primary N) is 1. The van der Waals surface area contributed by atoms with Crippen LogP contribution in [0, 0.1) is 0 Å². The van der Waals surface area contributed by atoms with Crippen LogP contribution in [-0.2, 0) is 19.1 Å². The molecule has 2 N–H and O–H groups in total. The fraction of sp³-hybridized carbons (Fsp3) is 0.833. The van der Waals surface area contributed by atoms with Crippen LogP contribution in [0.2, 0.25) is 0 Å². The average molecular weight is 291 g/mol. The van der Waals surface area contributed by atoms with E-state index in [9.17, 15) is 8.42 Å². The van der Waals surface area contributed by atoms with Crippen molar-refractivity contribution < 1.29 is 17.4 Å². The highest BCUT2D eigenvalue weighted by molar-refractivity contribution is 7.86. The lowest BCUT2D eigenvalue weighted by molar-refractivity contribution is 0.170. The predicted molar refractivity (Wildman–Crippen MR) is 85.1 cm³/mol. The zero-order valence-corrected chi connectivity index (χ0v) is 7.76. The van der Waals surface area contributed by atoms with Crippen molar-refractivity contribution in [1.29, 1.82) is 0 Å². The molecular formula is C12H37NO4S. The summed E-state index contributed by atoms with van der Waals surface area (Å²) < 4.78 is 29.8. The molecule has 18 heavy (non-hydrogen) atoms. The van der Waals surface area contributed by atoms with E-state index in [-0.39, 0.29) is 56.9 Å². The molecule has 0 aliphatic carbocycles. The second kappa shape index (κ2) is 21.8. The van der Waals surface area contributed by atoms with E-state index in [2.05, 4.69) is 16.8 Å². The zero-order valence-electron chi connectivity index (χ0n) is 6.95. The van der Waals surface area contributed by atoms with Gasteiger partial charge in [-0.3, -0.25) is 0 Å². The average Bonchev–Trinajstić information content (AvgIpc) is 1.98. The SMILES string of the molecule is C.C.C.C.C.C.C=C(C)COCCS(=O)(=O)ON. The molecule has 0 atom stereocenters. The molecule has 0 aromatic heterocycles. The quantitative estimate of drug-likeness (QED) is 0.459. The van der Waals surface area contributed by atoms with Crippen LogP contribution in [0.4, 0.5) is 0 Å². The fourth-order valence-corrected chi connectivity index (χ4v) is 0.874. The standard InChI is InChI=1S/C6H13NO4S.6CH4/c1-6(2)5-10-3-4-12(8,9)11-7;;;;;;/h1,3-5,7H2,2H3;6*1H4. The van der Waals surface area contributed by atoms with Gasteiger partial charge in [0.05, 0.1) is 13.2 Å². The Hall–Kier alpha value is -0.430. The summed E-state index contributed by atoms with van der Waals surface area (Å²) in [4.78, 5) is 0. The first-order valence-electron chi connectivity index (χ1n) is 3.31. The molecule has 0 saturated carbocycles. The molecule has 0 aromatic carbocycles. The lowest BCUT2D eigenvalue weighted by Gasteiger charge is -2.02. The molecule has 0 amide bonds. The Morgan fingerprint density at radius 3 is 1.78 bits per heavy atom. The van der Waals surface area contributed by atoms with Crippen molar-refractivity contribution in [2.45, 2.75) is 51.5 Å². The molecule has 0 fully saturated rings. The Bertz CT molecular complexity index is 238. The molecule has 6 heteroatoms. The summed E-state index contributed by atoms with van der Waals surface area (Å²) >= 11 is 0. The van der Waals surface area contributed by atoms with E-state index in [0.29, 0.717) is 6.61 Å². The highest BCUT2D eigenvalue weighted by Gasteiger charge is 2.08. The first-order valence-corrected chi connectivity index (χ1v) is 4.89. The largest absolute Gasteiger partial charge is 0.376 e. The lowest BCUT2D eigenvalue weighted by Crippen LogP contribution is -2.18. The molecular weight excluding hydrogens is 254 g/mol. The van der Waals surface area contributed by atoms with E-state index in [1.54, 1.807) is 6.92 Å². The summed E-state index contributed by atoms with van der Waals surface area (Å²) in [5, 5.41) is 0. The van der Waals surface area contributed by atoms with Crippen molar-refractivity contribution in [3.63, 3.8) is 0 Å². The molecule has 0 heterocycles. The maximum Gasteiger partial charge on any atom is 0.285 e. The Morgan fingerprint density at radius 2 is 1.50 bits per heavy atom. The molecule has 120 valence electrons. The number of hydrogen-bond donors (Lipinski definition) is 1. The van der Waals surface area contributed by atoms with Crippen molar-refractivity contribution in [1.82, 2.24) is 0 Å². The van der Waals surface area contributed by atoms with Crippen LogP contribution in [0.1, 0.15) is 51.5 Å². The molecule has 0 radical (unpaired) electrons. The van der Waals surface area contributed by atoms with Gasteiger partial charge in [0.2, 0.25) is 0 Å². The van der Waals surface area contributed by atoms with Crippen LogP contribution in [0.25, 0.3) is 0 Å². The Kier molecular flexibility index (Phi) is 52.3. The van der Waals surface area contributed by atoms with Crippen LogP contribution in [0.15, 0.2) is 12.2 Å². The smallest absolute Gasteiger partial charge is 0.285 e. The minimum absolute atomic E-state index is 0. The first-order chi connectivity index (χ1) is 5.48. The summed E-state index contributed by atoms with van der Waals surface area (Å²) in [5.74, 6) is 4.25. The van der Waals surface area contributed by atoms with E-state index in [1.807, 2.05) is 0 Å². The number of rotatable bonds is 6. The molecule has 0 aliphatic rings. The Balaban J connectivity index is -0.0000000403. The third kappa shape index (κ3) is 29.6. The zero-order chi connectivity index (χ0) is 9.61. The van der Waals surface area contributed by atoms with Gasteiger partial charge in [-0.25, -0.2) is 0 Å². The van der Waals surface area contributed by atoms with E-state index in [4.69, 9.17) is 4.74 Å². The van der Waals surface area contributed by atoms with Gasteiger partial charge in [0, 0.05) is 0 Å². The summed E-state index contributed by atoms with van der Waals surface area (Å²) in [6.07, 6.45) is 0. The molecule has 5 nitrogen and oxygen atoms in total. The van der Waals surface area contributed by atoms with Crippen molar-refractivity contribution in [3.05, 3.63) is 12.2 Å². The van der Waals surface area contributed by atoms with Crippen molar-refractivity contribution >= 4 is 10.1 Å². The van der Waals surface area contributed by atoms with Gasteiger partial charge in [-0.15, -0.1) is 0 Å². The van der Waals surface area contributed by atoms with Gasteiger partial charge in [0.25, 0.3) is 10.1 Å². The van der Waals surface area contributed by atoms with Crippen molar-refractivity contribution in [2.24, 2.45) is 5.90 Å². The topological polar surface area (TPSA) is 78.6 Å². The lowest BCUT2D eigenvalue weighted by atomic mass is 10.4. The van der Waals surface area contributed by atoms with E-state index in [0.717, 1.165) is 5.57 Å². The minimum atomic E-state index is -3.59. The molecule has 0 spiro atoms. The second-order valence-electron chi connectivity index (χ2n) is 2.37. The summed E-state index contributed by atoms with van der Waals surface area (Å²) in [7, 11) is -3.59. The summed E-state index contributed by atoms with van der Waals surface area (Å²) in [5.41, 5.74) is 0.834. The maximum atomic E-state index is 10.6. The molecule has 0 bridgehead atoms. The predicted octanol–water partition coefficient (Wildman–Crippen LogP) is 3.62. The van der Waals surface area contributed by atoms with Crippen LogP contribution in [0.5, 0.6) is 0 Å². The molecule has 0 unspecified atom stereocenters. The van der Waals surface area contributed by atoms with Gasteiger partial charge in [-0.05, 0) is 6.92 Å². The number of ether oxygens (including phenoxy) is 1. The highest BCUT2D eigenvalue weighted by Crippen LogP contribution is 1.91. The van der Waals surface area contributed by atoms with Gasteiger partial charge in [0.15, 0.2) is 0 Å². The third-order valence-corrected chi connectivity index (χ3v) is 1.93. The Labute approximate surface area is 116 Å².